The quantitative estimate of drug-likeness (QED) is 0.471. The molecule has 2 aromatic carbocycles. The van der Waals surface area contributed by atoms with E-state index in [9.17, 15) is 9.59 Å². The lowest BCUT2D eigenvalue weighted by molar-refractivity contribution is -0.139. The normalized spacial score (nSPS) is 20.1. The number of ether oxygens (including phenoxy) is 2. The number of benzene rings is 2. The van der Waals surface area contributed by atoms with Crippen molar-refractivity contribution < 1.29 is 19.1 Å². The fourth-order valence-corrected chi connectivity index (χ4v) is 5.26. The molecule has 1 N–H and O–H groups in total. The van der Waals surface area contributed by atoms with E-state index in [-0.39, 0.29) is 11.7 Å². The Kier molecular flexibility index (Phi) is 7.34. The second kappa shape index (κ2) is 10.2. The molecule has 5 nitrogen and oxygen atoms in total. The van der Waals surface area contributed by atoms with E-state index in [0.29, 0.717) is 58.3 Å². The molecule has 0 aromatic heterocycles. The number of hydrogen-bond acceptors (Lipinski definition) is 5. The molecule has 0 spiro atoms. The first-order chi connectivity index (χ1) is 16.3. The van der Waals surface area contributed by atoms with Crippen LogP contribution in [-0.4, -0.2) is 25.5 Å². The Labute approximate surface area is 209 Å². The summed E-state index contributed by atoms with van der Waals surface area (Å²) in [4.78, 5) is 26.7. The van der Waals surface area contributed by atoms with E-state index < -0.39 is 11.9 Å². The highest BCUT2D eigenvalue weighted by Crippen LogP contribution is 2.47. The van der Waals surface area contributed by atoms with E-state index in [1.807, 2.05) is 38.1 Å². The van der Waals surface area contributed by atoms with Crippen molar-refractivity contribution in [1.29, 1.82) is 0 Å². The zero-order valence-corrected chi connectivity index (χ0v) is 20.9. The zero-order chi connectivity index (χ0) is 24.4. The van der Waals surface area contributed by atoms with Crippen LogP contribution in [-0.2, 0) is 14.3 Å². The van der Waals surface area contributed by atoms with Crippen LogP contribution in [0.25, 0.3) is 0 Å². The maximum Gasteiger partial charge on any atom is 0.336 e. The summed E-state index contributed by atoms with van der Waals surface area (Å²) in [5.41, 5.74) is 4.20. The van der Waals surface area contributed by atoms with Crippen LogP contribution in [0.1, 0.15) is 56.1 Å². The van der Waals surface area contributed by atoms with Gasteiger partial charge >= 0.3 is 5.97 Å². The summed E-state index contributed by atoms with van der Waals surface area (Å²) < 4.78 is 10.8. The molecular formula is C27H27Cl2NO4. The van der Waals surface area contributed by atoms with Crippen molar-refractivity contribution in [2.24, 2.45) is 0 Å². The molecule has 1 aliphatic carbocycles. The van der Waals surface area contributed by atoms with Crippen LogP contribution in [0.3, 0.4) is 0 Å². The summed E-state index contributed by atoms with van der Waals surface area (Å²) in [5, 5.41) is 4.25. The Balaban J connectivity index is 1.78. The summed E-state index contributed by atoms with van der Waals surface area (Å²) in [5.74, 6) is -0.284. The van der Waals surface area contributed by atoms with E-state index in [1.54, 1.807) is 25.3 Å². The number of allylic oxidation sites excluding steroid dienone is 3. The lowest BCUT2D eigenvalue weighted by Gasteiger charge is -2.37. The van der Waals surface area contributed by atoms with E-state index in [4.69, 9.17) is 32.7 Å². The third-order valence-corrected chi connectivity index (χ3v) is 6.91. The standard InChI is InChI=1S/C27H27Cl2NO4/c1-4-11-34-27(32)24-15(2)30-22-12-17(16-5-8-19(33-3)9-6-16)13-23(31)26(22)25(24)20-10-7-18(28)14-21(20)29/h5-10,14,17,25,30H,4,11-13H2,1-3H3/t17-,25-/m0/s1. The molecule has 1 heterocycles. The smallest absolute Gasteiger partial charge is 0.336 e. The number of nitrogens with one attached hydrogen (secondary N) is 1. The molecule has 7 heteroatoms. The molecule has 178 valence electrons. The number of carbonyl (C=O) groups is 2. The van der Waals surface area contributed by atoms with Gasteiger partial charge in [0.1, 0.15) is 5.75 Å². The average molecular weight is 500 g/mol. The van der Waals surface area contributed by atoms with Crippen molar-refractivity contribution in [3.8, 4) is 5.75 Å². The van der Waals surface area contributed by atoms with Crippen LogP contribution >= 0.6 is 23.2 Å². The first-order valence-electron chi connectivity index (χ1n) is 11.3. The molecule has 2 atom stereocenters. The van der Waals surface area contributed by atoms with Gasteiger partial charge < -0.3 is 14.8 Å². The van der Waals surface area contributed by atoms with Crippen molar-refractivity contribution in [3.63, 3.8) is 0 Å². The molecule has 0 radical (unpaired) electrons. The van der Waals surface area contributed by atoms with Gasteiger partial charge in [-0.3, -0.25) is 4.79 Å². The van der Waals surface area contributed by atoms with Crippen molar-refractivity contribution in [3.05, 3.63) is 86.2 Å². The molecular weight excluding hydrogens is 473 g/mol. The Hall–Kier alpha value is -2.76. The average Bonchev–Trinajstić information content (AvgIpc) is 2.81. The number of hydrogen-bond donors (Lipinski definition) is 1. The van der Waals surface area contributed by atoms with Gasteiger partial charge in [0, 0.05) is 39.4 Å². The van der Waals surface area contributed by atoms with E-state index in [0.717, 1.165) is 17.0 Å². The molecule has 0 unspecified atom stereocenters. The minimum Gasteiger partial charge on any atom is -0.497 e. The van der Waals surface area contributed by atoms with Crippen molar-refractivity contribution in [2.45, 2.75) is 44.9 Å². The Morgan fingerprint density at radius 3 is 2.50 bits per heavy atom. The van der Waals surface area contributed by atoms with Gasteiger partial charge in [-0.25, -0.2) is 4.79 Å². The van der Waals surface area contributed by atoms with Gasteiger partial charge in [0.25, 0.3) is 0 Å². The number of ketones is 1. The number of methoxy groups -OCH3 is 1. The van der Waals surface area contributed by atoms with Gasteiger partial charge in [-0.2, -0.15) is 0 Å². The van der Waals surface area contributed by atoms with Crippen LogP contribution in [0.4, 0.5) is 0 Å². The van der Waals surface area contributed by atoms with Gasteiger partial charge in [-0.05, 0) is 61.1 Å². The number of carbonyl (C=O) groups excluding carboxylic acids is 2. The van der Waals surface area contributed by atoms with Gasteiger partial charge in [-0.1, -0.05) is 48.3 Å². The van der Waals surface area contributed by atoms with Crippen molar-refractivity contribution in [1.82, 2.24) is 5.32 Å². The molecule has 0 saturated carbocycles. The van der Waals surface area contributed by atoms with Crippen LogP contribution in [0.5, 0.6) is 5.75 Å². The van der Waals surface area contributed by atoms with Crippen molar-refractivity contribution >= 4 is 35.0 Å². The van der Waals surface area contributed by atoms with Gasteiger partial charge in [0.2, 0.25) is 0 Å². The zero-order valence-electron chi connectivity index (χ0n) is 19.4. The molecule has 0 amide bonds. The summed E-state index contributed by atoms with van der Waals surface area (Å²) in [7, 11) is 1.63. The topological polar surface area (TPSA) is 64.6 Å². The van der Waals surface area contributed by atoms with Gasteiger partial charge in [-0.15, -0.1) is 0 Å². The summed E-state index contributed by atoms with van der Waals surface area (Å²) >= 11 is 12.7. The highest BCUT2D eigenvalue weighted by molar-refractivity contribution is 6.35. The molecule has 2 aliphatic rings. The van der Waals surface area contributed by atoms with E-state index in [1.165, 1.54) is 0 Å². The number of halogens is 2. The summed E-state index contributed by atoms with van der Waals surface area (Å²) in [6, 6.07) is 12.9. The fourth-order valence-electron chi connectivity index (χ4n) is 4.74. The second-order valence-electron chi connectivity index (χ2n) is 8.59. The fraction of sp³-hybridized carbons (Fsp3) is 0.333. The van der Waals surface area contributed by atoms with Crippen molar-refractivity contribution in [2.75, 3.05) is 13.7 Å². The third kappa shape index (κ3) is 4.73. The van der Waals surface area contributed by atoms with Gasteiger partial charge in [0.05, 0.1) is 19.3 Å². The SMILES string of the molecule is CCCOC(=O)C1=C(C)NC2=C(C(=O)C[C@@H](c3ccc(OC)cc3)C2)[C@H]1c1ccc(Cl)cc1Cl. The van der Waals surface area contributed by atoms with Crippen LogP contribution in [0, 0.1) is 0 Å². The summed E-state index contributed by atoms with van der Waals surface area (Å²) in [6.07, 6.45) is 1.68. The highest BCUT2D eigenvalue weighted by Gasteiger charge is 2.42. The number of dihydropyridines is 1. The van der Waals surface area contributed by atoms with Gasteiger partial charge in [0.15, 0.2) is 5.78 Å². The monoisotopic (exact) mass is 499 g/mol. The number of rotatable bonds is 6. The number of esters is 1. The molecule has 4 rings (SSSR count). The second-order valence-corrected chi connectivity index (χ2v) is 9.44. The maximum absolute atomic E-state index is 13.6. The maximum atomic E-state index is 13.6. The largest absolute Gasteiger partial charge is 0.497 e. The minimum absolute atomic E-state index is 0.0149. The van der Waals surface area contributed by atoms with Crippen LogP contribution < -0.4 is 10.1 Å². The molecule has 0 saturated heterocycles. The Morgan fingerprint density at radius 2 is 1.85 bits per heavy atom. The highest BCUT2D eigenvalue weighted by atomic mass is 35.5. The minimum atomic E-state index is -0.616. The Bertz CT molecular complexity index is 1180. The molecule has 34 heavy (non-hydrogen) atoms. The van der Waals surface area contributed by atoms with E-state index >= 15 is 0 Å². The lowest BCUT2D eigenvalue weighted by Crippen LogP contribution is -2.36. The van der Waals surface area contributed by atoms with E-state index in [2.05, 4.69) is 5.32 Å². The predicted octanol–water partition coefficient (Wildman–Crippen LogP) is 6.32. The molecule has 2 aromatic rings. The summed E-state index contributed by atoms with van der Waals surface area (Å²) in [6.45, 7) is 4.08. The first kappa shape index (κ1) is 24.4. The molecule has 1 aliphatic heterocycles. The van der Waals surface area contributed by atoms with Crippen LogP contribution in [0.2, 0.25) is 10.0 Å². The van der Waals surface area contributed by atoms with Crippen LogP contribution in [0.15, 0.2) is 65.0 Å². The molecule has 0 bridgehead atoms. The molecule has 0 fully saturated rings. The number of Topliss-reactive ketones (excluding diaryl/α,β-unsaturated/α-hetero) is 1. The third-order valence-electron chi connectivity index (χ3n) is 6.35. The predicted molar refractivity (Wildman–Crippen MR) is 133 cm³/mol. The lowest BCUT2D eigenvalue weighted by atomic mass is 9.71. The Morgan fingerprint density at radius 1 is 1.12 bits per heavy atom. The first-order valence-corrected chi connectivity index (χ1v) is 12.1.